The van der Waals surface area contributed by atoms with Gasteiger partial charge in [0, 0.05) is 50.4 Å². The van der Waals surface area contributed by atoms with Crippen molar-refractivity contribution in [2.45, 2.75) is 34.0 Å². The molecule has 0 fully saturated rings. The van der Waals surface area contributed by atoms with Gasteiger partial charge >= 0.3 is 0 Å². The Morgan fingerprint density at radius 1 is 0.927 bits per heavy atom. The topological polar surface area (TPSA) is 51.8 Å². The molecule has 0 spiro atoms. The van der Waals surface area contributed by atoms with Gasteiger partial charge in [0.2, 0.25) is 5.71 Å². The number of aromatic nitrogens is 3. The van der Waals surface area contributed by atoms with E-state index in [4.69, 9.17) is 11.3 Å². The summed E-state index contributed by atoms with van der Waals surface area (Å²) < 4.78 is 47.3. The second kappa shape index (κ2) is 12.0. The molecule has 0 N–H and O–H groups in total. The number of aryl methyl sites for hydroxylation is 1. The fourth-order valence-electron chi connectivity index (χ4n) is 4.46. The summed E-state index contributed by atoms with van der Waals surface area (Å²) in [6.07, 6.45) is 2.00. The summed E-state index contributed by atoms with van der Waals surface area (Å²) >= 11 is 1.47. The maximum absolute atomic E-state index is 8.74. The first-order valence-corrected chi connectivity index (χ1v) is 13.7. The van der Waals surface area contributed by atoms with Gasteiger partial charge in [0.15, 0.2) is 0 Å². The molecule has 5 heterocycles. The van der Waals surface area contributed by atoms with Gasteiger partial charge in [-0.3, -0.25) is 0 Å². The summed E-state index contributed by atoms with van der Waals surface area (Å²) in [5, 5.41) is 4.19. The van der Waals surface area contributed by atoms with Gasteiger partial charge in [0.1, 0.15) is 0 Å². The van der Waals surface area contributed by atoms with Crippen LogP contribution in [0.1, 0.15) is 38.9 Å². The number of nitrogens with zero attached hydrogens (tertiary/aromatic N) is 3. The van der Waals surface area contributed by atoms with Crippen molar-refractivity contribution >= 4 is 43.5 Å². The van der Waals surface area contributed by atoms with E-state index >= 15 is 0 Å². The predicted octanol–water partition coefficient (Wildman–Crippen LogP) is 9.50. The molecule has 0 aliphatic rings. The minimum absolute atomic E-state index is 0. The molecule has 0 amide bonds. The van der Waals surface area contributed by atoms with E-state index in [0.717, 1.165) is 32.1 Å². The van der Waals surface area contributed by atoms with Crippen LogP contribution in [0.3, 0.4) is 0 Å². The molecular formula is C35H29IrN3OS-2. The fourth-order valence-corrected chi connectivity index (χ4v) is 5.30. The Labute approximate surface area is 264 Å². The van der Waals surface area contributed by atoms with E-state index in [0.29, 0.717) is 22.4 Å². The molecular weight excluding hydrogens is 703 g/mol. The maximum atomic E-state index is 8.74. The van der Waals surface area contributed by atoms with Crippen LogP contribution in [-0.2, 0) is 26.5 Å². The minimum Gasteiger partial charge on any atom is -0.486 e. The van der Waals surface area contributed by atoms with Crippen molar-refractivity contribution in [2.24, 2.45) is 5.41 Å². The Kier molecular flexibility index (Phi) is 6.73. The standard InChI is InChI=1S/C24H21N2OS.C11H8N.Ir/c1-14-8-9-17-16-6-5-7-18(22(16)27-23(17)26-14)20-10-19-15(11-24(2,3)4)13-28-21(19)12-25-20;1-2-6-10(7-3-1)11-8-4-5-9-12-11;/h5-6,8-10,12-13H,11H2,1-4H3;1-6,8-9H;/q2*-1;/i1D3,11D2;;. The molecule has 207 valence electrons. The molecule has 0 unspecified atom stereocenters. The van der Waals surface area contributed by atoms with Crippen molar-refractivity contribution in [2.75, 3.05) is 0 Å². The summed E-state index contributed by atoms with van der Waals surface area (Å²) in [4.78, 5) is 13.0. The van der Waals surface area contributed by atoms with Gasteiger partial charge in [-0.05, 0) is 64.6 Å². The number of thiophene rings is 1. The van der Waals surface area contributed by atoms with Crippen LogP contribution in [-0.4, -0.2) is 15.0 Å². The molecule has 5 aromatic heterocycles. The summed E-state index contributed by atoms with van der Waals surface area (Å²) in [5.74, 6) is 0. The van der Waals surface area contributed by atoms with E-state index in [1.807, 2.05) is 80.7 Å². The maximum Gasteiger partial charge on any atom is 0.216 e. The Morgan fingerprint density at radius 2 is 1.80 bits per heavy atom. The van der Waals surface area contributed by atoms with Crippen LogP contribution in [0.15, 0.2) is 95.0 Å². The molecule has 0 aliphatic carbocycles. The van der Waals surface area contributed by atoms with E-state index in [1.54, 1.807) is 24.5 Å². The molecule has 6 heteroatoms. The molecule has 41 heavy (non-hydrogen) atoms. The minimum atomic E-state index is -2.32. The van der Waals surface area contributed by atoms with E-state index in [9.17, 15) is 0 Å². The Morgan fingerprint density at radius 3 is 2.56 bits per heavy atom. The van der Waals surface area contributed by atoms with E-state index in [2.05, 4.69) is 27.1 Å². The van der Waals surface area contributed by atoms with Crippen LogP contribution in [0.5, 0.6) is 0 Å². The first-order valence-electron chi connectivity index (χ1n) is 15.4. The molecule has 2 aromatic carbocycles. The number of fused-ring (bicyclic) bond motifs is 4. The molecule has 0 atom stereocenters. The van der Waals surface area contributed by atoms with Crippen molar-refractivity contribution in [3.05, 3.63) is 114 Å². The van der Waals surface area contributed by atoms with Gasteiger partial charge in [-0.2, -0.15) is 0 Å². The van der Waals surface area contributed by atoms with E-state index in [-0.39, 0.29) is 31.5 Å². The van der Waals surface area contributed by atoms with Crippen molar-refractivity contribution in [1.29, 1.82) is 0 Å². The second-order valence-corrected chi connectivity index (χ2v) is 11.2. The van der Waals surface area contributed by atoms with Gasteiger partial charge in [-0.15, -0.1) is 65.4 Å². The third kappa shape index (κ3) is 6.30. The molecule has 1 radical (unpaired) electrons. The Bertz CT molecular complexity index is 2080. The molecule has 4 nitrogen and oxygen atoms in total. The summed E-state index contributed by atoms with van der Waals surface area (Å²) in [7, 11) is 0. The van der Waals surface area contributed by atoms with Crippen molar-refractivity contribution in [1.82, 2.24) is 15.0 Å². The first-order chi connectivity index (χ1) is 21.3. The molecule has 0 saturated heterocycles. The summed E-state index contributed by atoms with van der Waals surface area (Å²) in [6, 6.07) is 28.7. The van der Waals surface area contributed by atoms with Crippen LogP contribution >= 0.6 is 11.3 Å². The quantitative estimate of drug-likeness (QED) is 0.170. The van der Waals surface area contributed by atoms with Gasteiger partial charge in [-0.25, -0.2) is 4.98 Å². The molecule has 0 saturated carbocycles. The largest absolute Gasteiger partial charge is 0.486 e. The first kappa shape index (κ1) is 22.9. The fraction of sp³-hybridized carbons (Fsp3) is 0.171. The summed E-state index contributed by atoms with van der Waals surface area (Å²) in [6.45, 7) is 3.35. The van der Waals surface area contributed by atoms with Gasteiger partial charge < -0.3 is 14.4 Å². The monoisotopic (exact) mass is 737 g/mol. The normalized spacial score (nSPS) is 13.8. The third-order valence-electron chi connectivity index (χ3n) is 6.18. The summed E-state index contributed by atoms with van der Waals surface area (Å²) in [5.41, 5.74) is 4.04. The molecule has 0 bridgehead atoms. The SMILES string of the molecule is [2H]C([2H])([2H])c1ccc2c(n1)oc1c(-c3cc4c(C([2H])([2H])C(C)(C)C)csc4cn3)[c-]ccc12.[Ir].[c-]1ccccc1-c1ccccn1. The van der Waals surface area contributed by atoms with Crippen LogP contribution < -0.4 is 0 Å². The average molecular weight is 737 g/mol. The number of benzene rings is 2. The average Bonchev–Trinajstić information content (AvgIpc) is 3.62. The number of hydrogen-bond acceptors (Lipinski definition) is 5. The Balaban J connectivity index is 0.000000269. The second-order valence-electron chi connectivity index (χ2n) is 10.3. The van der Waals surface area contributed by atoms with Gasteiger partial charge in [0.05, 0.1) is 10.3 Å². The number of furan rings is 1. The zero-order valence-electron chi connectivity index (χ0n) is 27.7. The predicted molar refractivity (Wildman–Crippen MR) is 165 cm³/mol. The molecule has 7 rings (SSSR count). The smallest absolute Gasteiger partial charge is 0.216 e. The van der Waals surface area contributed by atoms with Crippen LogP contribution in [0.4, 0.5) is 0 Å². The van der Waals surface area contributed by atoms with E-state index in [1.165, 1.54) is 17.4 Å². The van der Waals surface area contributed by atoms with Crippen LogP contribution in [0.2, 0.25) is 0 Å². The van der Waals surface area contributed by atoms with Gasteiger partial charge in [-0.1, -0.05) is 49.9 Å². The van der Waals surface area contributed by atoms with Crippen molar-refractivity contribution in [3.63, 3.8) is 0 Å². The molecule has 7 aromatic rings. The number of hydrogen-bond donors (Lipinski definition) is 0. The number of pyridine rings is 3. The van der Waals surface area contributed by atoms with E-state index < -0.39 is 18.6 Å². The van der Waals surface area contributed by atoms with Crippen LogP contribution in [0, 0.1) is 24.4 Å². The zero-order valence-corrected chi connectivity index (χ0v) is 25.9. The number of rotatable bonds is 3. The van der Waals surface area contributed by atoms with Crippen molar-refractivity contribution in [3.8, 4) is 22.5 Å². The third-order valence-corrected chi connectivity index (χ3v) is 7.11. The van der Waals surface area contributed by atoms with Gasteiger partial charge in [0.25, 0.3) is 0 Å². The Hall–Kier alpha value is -3.70. The van der Waals surface area contributed by atoms with Crippen LogP contribution in [0.25, 0.3) is 54.7 Å². The molecule has 0 aliphatic heterocycles. The zero-order chi connectivity index (χ0) is 32.0. The van der Waals surface area contributed by atoms with Crippen molar-refractivity contribution < 1.29 is 31.4 Å².